The van der Waals surface area contributed by atoms with E-state index < -0.39 is 11.9 Å². The van der Waals surface area contributed by atoms with Gasteiger partial charge < -0.3 is 19.3 Å². The van der Waals surface area contributed by atoms with Crippen molar-refractivity contribution in [2.45, 2.75) is 71.3 Å². The van der Waals surface area contributed by atoms with Crippen LogP contribution in [0, 0.1) is 0 Å². The molecular formula is C21H40N2O5S. The Morgan fingerprint density at radius 2 is 1.45 bits per heavy atom. The van der Waals surface area contributed by atoms with Crippen LogP contribution in [-0.4, -0.2) is 79.7 Å². The van der Waals surface area contributed by atoms with E-state index in [0.29, 0.717) is 5.75 Å². The average molecular weight is 433 g/mol. The maximum Gasteiger partial charge on any atom is 0.325 e. The van der Waals surface area contributed by atoms with Crippen LogP contribution in [0.3, 0.4) is 0 Å². The lowest BCUT2D eigenvalue weighted by Gasteiger charge is -2.23. The molecule has 1 amide bonds. The van der Waals surface area contributed by atoms with Gasteiger partial charge in [-0.3, -0.25) is 14.4 Å². The zero-order valence-corrected chi connectivity index (χ0v) is 19.7. The van der Waals surface area contributed by atoms with E-state index in [4.69, 9.17) is 4.74 Å². The molecular weight excluding hydrogens is 392 g/mol. The summed E-state index contributed by atoms with van der Waals surface area (Å²) >= 11 is 1.09. The Balaban J connectivity index is 4.80. The van der Waals surface area contributed by atoms with Crippen molar-refractivity contribution in [2.24, 2.45) is 0 Å². The van der Waals surface area contributed by atoms with E-state index in [1.165, 1.54) is 12.0 Å². The highest BCUT2D eigenvalue weighted by atomic mass is 32.2. The number of hydrogen-bond donors (Lipinski definition) is 0. The molecule has 0 unspecified atom stereocenters. The molecule has 0 radical (unpaired) electrons. The summed E-state index contributed by atoms with van der Waals surface area (Å²) in [5.41, 5.74) is 0. The van der Waals surface area contributed by atoms with Gasteiger partial charge in [0.1, 0.15) is 19.2 Å². The van der Waals surface area contributed by atoms with Gasteiger partial charge in [0.05, 0.1) is 7.11 Å². The van der Waals surface area contributed by atoms with Gasteiger partial charge in [-0.05, 0) is 39.8 Å². The topological polar surface area (TPSA) is 76.1 Å². The zero-order chi connectivity index (χ0) is 22.1. The highest BCUT2D eigenvalue weighted by molar-refractivity contribution is 8.13. The lowest BCUT2D eigenvalue weighted by Crippen LogP contribution is -2.39. The summed E-state index contributed by atoms with van der Waals surface area (Å²) in [7, 11) is 5.11. The van der Waals surface area contributed by atoms with Crippen molar-refractivity contribution in [3.63, 3.8) is 0 Å². The SMILES string of the molecule is CCCCCC(CCCCC)OC(=O)CN(CC(=O)OC)C(=O)SCCN(C)C. The lowest BCUT2D eigenvalue weighted by atomic mass is 10.0. The molecule has 29 heavy (non-hydrogen) atoms. The maximum absolute atomic E-state index is 12.5. The molecule has 0 rings (SSSR count). The fourth-order valence-electron chi connectivity index (χ4n) is 2.70. The van der Waals surface area contributed by atoms with Crippen molar-refractivity contribution in [3.8, 4) is 0 Å². The number of rotatable bonds is 16. The van der Waals surface area contributed by atoms with E-state index >= 15 is 0 Å². The third-order valence-corrected chi connectivity index (χ3v) is 5.34. The fourth-order valence-corrected chi connectivity index (χ4v) is 3.64. The second kappa shape index (κ2) is 17.6. The van der Waals surface area contributed by atoms with Crippen LogP contribution >= 0.6 is 11.8 Å². The van der Waals surface area contributed by atoms with Crippen LogP contribution in [0.2, 0.25) is 0 Å². The minimum Gasteiger partial charge on any atom is -0.468 e. The summed E-state index contributed by atoms with van der Waals surface area (Å²) in [5, 5.41) is -0.317. The third-order valence-electron chi connectivity index (χ3n) is 4.45. The van der Waals surface area contributed by atoms with Crippen LogP contribution in [-0.2, 0) is 19.1 Å². The number of esters is 2. The Morgan fingerprint density at radius 1 is 0.897 bits per heavy atom. The molecule has 0 fully saturated rings. The summed E-state index contributed by atoms with van der Waals surface area (Å²) in [6.45, 7) is 4.52. The lowest BCUT2D eigenvalue weighted by molar-refractivity contribution is -0.151. The number of unbranched alkanes of at least 4 members (excludes halogenated alkanes) is 4. The van der Waals surface area contributed by atoms with Gasteiger partial charge in [0, 0.05) is 12.3 Å². The van der Waals surface area contributed by atoms with Gasteiger partial charge in [0.25, 0.3) is 5.24 Å². The molecule has 0 aliphatic carbocycles. The predicted octanol–water partition coefficient (Wildman–Crippen LogP) is 3.95. The van der Waals surface area contributed by atoms with E-state index in [1.807, 2.05) is 19.0 Å². The van der Waals surface area contributed by atoms with Crippen molar-refractivity contribution < 1.29 is 23.9 Å². The van der Waals surface area contributed by atoms with Crippen LogP contribution in [0.5, 0.6) is 0 Å². The van der Waals surface area contributed by atoms with Crippen LogP contribution in [0.1, 0.15) is 65.2 Å². The van der Waals surface area contributed by atoms with E-state index in [1.54, 1.807) is 0 Å². The first-order valence-electron chi connectivity index (χ1n) is 10.7. The van der Waals surface area contributed by atoms with Gasteiger partial charge in [0.15, 0.2) is 0 Å². The first kappa shape index (κ1) is 27.7. The summed E-state index contributed by atoms with van der Waals surface area (Å²) < 4.78 is 10.3. The van der Waals surface area contributed by atoms with Crippen molar-refractivity contribution in [3.05, 3.63) is 0 Å². The van der Waals surface area contributed by atoms with Gasteiger partial charge in [-0.1, -0.05) is 51.3 Å². The number of carbonyl (C=O) groups excluding carboxylic acids is 3. The molecule has 0 aromatic heterocycles. The summed E-state index contributed by atoms with van der Waals surface area (Å²) in [5.74, 6) is -0.440. The largest absolute Gasteiger partial charge is 0.468 e. The van der Waals surface area contributed by atoms with Crippen LogP contribution in [0.15, 0.2) is 0 Å². The first-order valence-corrected chi connectivity index (χ1v) is 11.6. The molecule has 0 aliphatic rings. The zero-order valence-electron chi connectivity index (χ0n) is 18.9. The molecule has 0 aliphatic heterocycles. The normalized spacial score (nSPS) is 11.0. The molecule has 0 aromatic carbocycles. The van der Waals surface area contributed by atoms with Gasteiger partial charge >= 0.3 is 11.9 Å². The van der Waals surface area contributed by atoms with Gasteiger partial charge in [-0.15, -0.1) is 0 Å². The van der Waals surface area contributed by atoms with Crippen LogP contribution < -0.4 is 0 Å². The molecule has 0 saturated carbocycles. The maximum atomic E-state index is 12.5. The molecule has 8 heteroatoms. The van der Waals surface area contributed by atoms with Gasteiger partial charge in [0.2, 0.25) is 0 Å². The molecule has 7 nitrogen and oxygen atoms in total. The number of methoxy groups -OCH3 is 1. The molecule has 0 heterocycles. The summed E-state index contributed by atoms with van der Waals surface area (Å²) in [4.78, 5) is 39.8. The van der Waals surface area contributed by atoms with Crippen molar-refractivity contribution >= 4 is 28.9 Å². The number of thioether (sulfide) groups is 1. The Hall–Kier alpha value is -1.28. The van der Waals surface area contributed by atoms with Crippen LogP contribution in [0.25, 0.3) is 0 Å². The number of nitrogens with zero attached hydrogens (tertiary/aromatic N) is 2. The second-order valence-corrected chi connectivity index (χ2v) is 8.50. The third kappa shape index (κ3) is 15.3. The molecule has 0 spiro atoms. The number of hydrogen-bond acceptors (Lipinski definition) is 7. The predicted molar refractivity (Wildman–Crippen MR) is 118 cm³/mol. The van der Waals surface area contributed by atoms with E-state index in [0.717, 1.165) is 69.7 Å². The fraction of sp³-hybridized carbons (Fsp3) is 0.857. The smallest absolute Gasteiger partial charge is 0.325 e. The number of carbonyl (C=O) groups is 3. The van der Waals surface area contributed by atoms with Gasteiger partial charge in [-0.25, -0.2) is 0 Å². The average Bonchev–Trinajstić information content (AvgIpc) is 2.67. The Kier molecular flexibility index (Phi) is 16.8. The van der Waals surface area contributed by atoms with Crippen molar-refractivity contribution in [2.75, 3.05) is 46.6 Å². The standard InChI is InChI=1S/C21H40N2O5S/c1-6-8-10-12-18(13-11-9-7-2)28-20(25)17-23(16-19(24)27-5)21(26)29-15-14-22(3)4/h18H,6-17H2,1-5H3. The number of ether oxygens (including phenoxy) is 2. The minimum atomic E-state index is -0.554. The Bertz CT molecular complexity index is 464. The monoisotopic (exact) mass is 432 g/mol. The molecule has 170 valence electrons. The minimum absolute atomic E-state index is 0.128. The Morgan fingerprint density at radius 3 is 1.93 bits per heavy atom. The van der Waals surface area contributed by atoms with E-state index in [2.05, 4.69) is 18.6 Å². The van der Waals surface area contributed by atoms with Crippen molar-refractivity contribution in [1.29, 1.82) is 0 Å². The van der Waals surface area contributed by atoms with Gasteiger partial charge in [-0.2, -0.15) is 0 Å². The molecule has 0 N–H and O–H groups in total. The first-order chi connectivity index (χ1) is 13.8. The summed E-state index contributed by atoms with van der Waals surface area (Å²) in [6, 6.07) is 0. The van der Waals surface area contributed by atoms with Crippen LogP contribution in [0.4, 0.5) is 4.79 Å². The Labute approximate surface area is 180 Å². The summed E-state index contributed by atoms with van der Waals surface area (Å²) in [6.07, 6.45) is 8.03. The molecule has 0 saturated heterocycles. The van der Waals surface area contributed by atoms with E-state index in [-0.39, 0.29) is 24.4 Å². The van der Waals surface area contributed by atoms with E-state index in [9.17, 15) is 14.4 Å². The van der Waals surface area contributed by atoms with Crippen molar-refractivity contribution in [1.82, 2.24) is 9.80 Å². The second-order valence-electron chi connectivity index (χ2n) is 7.45. The molecule has 0 bridgehead atoms. The highest BCUT2D eigenvalue weighted by Gasteiger charge is 2.23. The quantitative estimate of drug-likeness (QED) is 0.270. The molecule has 0 atom stereocenters. The highest BCUT2D eigenvalue weighted by Crippen LogP contribution is 2.16. The number of amides is 1. The molecule has 0 aromatic rings.